The highest BCUT2D eigenvalue weighted by atomic mass is 16.5. The number of rotatable bonds is 6. The zero-order chi connectivity index (χ0) is 16.5. The first-order chi connectivity index (χ1) is 10.6. The first kappa shape index (κ1) is 17.0. The van der Waals surface area contributed by atoms with Crippen LogP contribution in [0.1, 0.15) is 24.2 Å². The summed E-state index contributed by atoms with van der Waals surface area (Å²) in [5.74, 6) is -0.432. The predicted molar refractivity (Wildman–Crippen MR) is 83.6 cm³/mol. The van der Waals surface area contributed by atoms with Crippen molar-refractivity contribution in [1.29, 1.82) is 10.5 Å². The van der Waals surface area contributed by atoms with Crippen LogP contribution in [0.5, 0.6) is 0 Å². The number of benzene rings is 1. The molecule has 0 unspecified atom stereocenters. The van der Waals surface area contributed by atoms with Crippen molar-refractivity contribution in [2.24, 2.45) is 5.10 Å². The van der Waals surface area contributed by atoms with E-state index < -0.39 is 5.97 Å². The number of esters is 1. The standard InChI is InChI=1S/C15H17N5O2/c1-4-20(5-2)14-8-11(15(21)22-3)6-7-13(14)19-18-12(9-16)10-17/h6-8,19H,4-5H2,1-3H3. The lowest BCUT2D eigenvalue weighted by Gasteiger charge is -2.24. The van der Waals surface area contributed by atoms with Gasteiger partial charge in [0.1, 0.15) is 12.1 Å². The second-order valence-corrected chi connectivity index (χ2v) is 4.19. The van der Waals surface area contributed by atoms with Crippen LogP contribution in [0.15, 0.2) is 23.3 Å². The van der Waals surface area contributed by atoms with Crippen LogP contribution < -0.4 is 10.3 Å². The average molecular weight is 299 g/mol. The van der Waals surface area contributed by atoms with Gasteiger partial charge in [-0.15, -0.1) is 0 Å². The number of methoxy groups -OCH3 is 1. The van der Waals surface area contributed by atoms with Gasteiger partial charge in [-0.25, -0.2) is 4.79 Å². The van der Waals surface area contributed by atoms with Gasteiger partial charge in [0.25, 0.3) is 0 Å². The second kappa shape index (κ2) is 8.28. The van der Waals surface area contributed by atoms with Crippen LogP contribution >= 0.6 is 0 Å². The van der Waals surface area contributed by atoms with Crippen molar-refractivity contribution in [3.63, 3.8) is 0 Å². The fourth-order valence-corrected chi connectivity index (χ4v) is 1.89. The van der Waals surface area contributed by atoms with Crippen molar-refractivity contribution >= 4 is 23.1 Å². The number of carbonyl (C=O) groups excluding carboxylic acids is 1. The molecule has 0 aliphatic carbocycles. The summed E-state index contributed by atoms with van der Waals surface area (Å²) in [5, 5.41) is 21.2. The molecule has 0 aliphatic rings. The van der Waals surface area contributed by atoms with Gasteiger partial charge in [-0.3, -0.25) is 5.43 Å². The largest absolute Gasteiger partial charge is 0.465 e. The molecule has 0 heterocycles. The van der Waals surface area contributed by atoms with Crippen LogP contribution in [0, 0.1) is 22.7 Å². The van der Waals surface area contributed by atoms with Gasteiger partial charge < -0.3 is 9.64 Å². The molecular formula is C15H17N5O2. The topological polar surface area (TPSA) is 102 Å². The summed E-state index contributed by atoms with van der Waals surface area (Å²) in [6, 6.07) is 8.30. The number of hydrogen-bond acceptors (Lipinski definition) is 7. The first-order valence-electron chi connectivity index (χ1n) is 6.72. The van der Waals surface area contributed by atoms with E-state index in [1.165, 1.54) is 7.11 Å². The number of hydrazone groups is 1. The van der Waals surface area contributed by atoms with E-state index in [2.05, 4.69) is 10.5 Å². The van der Waals surface area contributed by atoms with Crippen LogP contribution in [0.25, 0.3) is 0 Å². The third-order valence-corrected chi connectivity index (χ3v) is 3.02. The van der Waals surface area contributed by atoms with Crippen LogP contribution in [0.3, 0.4) is 0 Å². The van der Waals surface area contributed by atoms with Crippen molar-refractivity contribution in [1.82, 2.24) is 0 Å². The number of anilines is 2. The summed E-state index contributed by atoms with van der Waals surface area (Å²) < 4.78 is 4.72. The van der Waals surface area contributed by atoms with Crippen LogP contribution in [-0.4, -0.2) is 31.9 Å². The highest BCUT2D eigenvalue weighted by Gasteiger charge is 2.13. The van der Waals surface area contributed by atoms with Gasteiger partial charge in [0.15, 0.2) is 0 Å². The van der Waals surface area contributed by atoms with Gasteiger partial charge in [-0.05, 0) is 32.0 Å². The minimum Gasteiger partial charge on any atom is -0.465 e. The lowest BCUT2D eigenvalue weighted by molar-refractivity contribution is 0.0601. The number of hydrogen-bond donors (Lipinski definition) is 1. The average Bonchev–Trinajstić information content (AvgIpc) is 2.57. The maximum absolute atomic E-state index is 11.7. The van der Waals surface area contributed by atoms with Crippen LogP contribution in [0.4, 0.5) is 11.4 Å². The third-order valence-electron chi connectivity index (χ3n) is 3.02. The van der Waals surface area contributed by atoms with Gasteiger partial charge in [-0.2, -0.15) is 15.6 Å². The maximum atomic E-state index is 11.7. The predicted octanol–water partition coefficient (Wildman–Crippen LogP) is 2.13. The summed E-state index contributed by atoms with van der Waals surface area (Å²) in [7, 11) is 1.32. The number of nitrogens with zero attached hydrogens (tertiary/aromatic N) is 4. The normalized spacial score (nSPS) is 9.14. The molecule has 1 aromatic rings. The van der Waals surface area contributed by atoms with Gasteiger partial charge in [0.05, 0.1) is 24.0 Å². The Kier molecular flexibility index (Phi) is 6.39. The molecule has 7 nitrogen and oxygen atoms in total. The second-order valence-electron chi connectivity index (χ2n) is 4.19. The number of ether oxygens (including phenoxy) is 1. The molecule has 0 bridgehead atoms. The molecular weight excluding hydrogens is 282 g/mol. The molecule has 1 aromatic carbocycles. The molecule has 0 aromatic heterocycles. The number of nitrogens with one attached hydrogen (secondary N) is 1. The zero-order valence-corrected chi connectivity index (χ0v) is 12.8. The van der Waals surface area contributed by atoms with Crippen molar-refractivity contribution in [2.45, 2.75) is 13.8 Å². The fourth-order valence-electron chi connectivity index (χ4n) is 1.89. The molecule has 1 rings (SSSR count). The molecule has 0 fully saturated rings. The number of nitriles is 2. The van der Waals surface area contributed by atoms with Crippen LogP contribution in [0.2, 0.25) is 0 Å². The molecule has 0 spiro atoms. The minimum absolute atomic E-state index is 0.275. The smallest absolute Gasteiger partial charge is 0.337 e. The van der Waals surface area contributed by atoms with Gasteiger partial charge in [0.2, 0.25) is 5.71 Å². The highest BCUT2D eigenvalue weighted by Crippen LogP contribution is 2.27. The van der Waals surface area contributed by atoms with E-state index >= 15 is 0 Å². The Morgan fingerprint density at radius 2 is 1.95 bits per heavy atom. The monoisotopic (exact) mass is 299 g/mol. The van der Waals surface area contributed by atoms with E-state index in [1.807, 2.05) is 18.7 Å². The maximum Gasteiger partial charge on any atom is 0.337 e. The molecule has 0 saturated carbocycles. The summed E-state index contributed by atoms with van der Waals surface area (Å²) in [6.07, 6.45) is 0. The molecule has 7 heteroatoms. The summed E-state index contributed by atoms with van der Waals surface area (Å²) >= 11 is 0. The Labute approximate surface area is 129 Å². The van der Waals surface area contributed by atoms with Crippen molar-refractivity contribution in [2.75, 3.05) is 30.5 Å². The summed E-state index contributed by atoms with van der Waals surface area (Å²) in [5.41, 5.74) is 4.18. The van der Waals surface area contributed by atoms with Crippen LogP contribution in [-0.2, 0) is 4.74 Å². The summed E-state index contributed by atoms with van der Waals surface area (Å²) in [4.78, 5) is 13.7. The van der Waals surface area contributed by atoms with Gasteiger partial charge >= 0.3 is 5.97 Å². The van der Waals surface area contributed by atoms with E-state index in [0.29, 0.717) is 11.3 Å². The molecule has 22 heavy (non-hydrogen) atoms. The Balaban J connectivity index is 3.27. The van der Waals surface area contributed by atoms with Crippen molar-refractivity contribution in [3.8, 4) is 12.1 Å². The van der Waals surface area contributed by atoms with Crippen molar-refractivity contribution < 1.29 is 9.53 Å². The van der Waals surface area contributed by atoms with E-state index in [0.717, 1.165) is 18.8 Å². The Hall–Kier alpha value is -3.06. The Morgan fingerprint density at radius 3 is 2.45 bits per heavy atom. The summed E-state index contributed by atoms with van der Waals surface area (Å²) in [6.45, 7) is 5.42. The molecule has 0 atom stereocenters. The molecule has 0 aliphatic heterocycles. The molecule has 114 valence electrons. The van der Waals surface area contributed by atoms with E-state index in [-0.39, 0.29) is 5.71 Å². The fraction of sp³-hybridized carbons (Fsp3) is 0.333. The quantitative estimate of drug-likeness (QED) is 0.490. The Bertz CT molecular complexity index is 635. The van der Waals surface area contributed by atoms with Crippen molar-refractivity contribution in [3.05, 3.63) is 23.8 Å². The van der Waals surface area contributed by atoms with E-state index in [9.17, 15) is 4.79 Å². The van der Waals surface area contributed by atoms with Gasteiger partial charge in [-0.1, -0.05) is 0 Å². The lowest BCUT2D eigenvalue weighted by atomic mass is 10.1. The highest BCUT2D eigenvalue weighted by molar-refractivity contribution is 6.10. The third kappa shape index (κ3) is 3.97. The zero-order valence-electron chi connectivity index (χ0n) is 12.8. The van der Waals surface area contributed by atoms with Gasteiger partial charge in [0, 0.05) is 13.1 Å². The molecule has 0 saturated heterocycles. The number of carbonyl (C=O) groups is 1. The van der Waals surface area contributed by atoms with E-state index in [1.54, 1.807) is 30.3 Å². The first-order valence-corrected chi connectivity index (χ1v) is 6.72. The minimum atomic E-state index is -0.432. The molecule has 0 amide bonds. The SMILES string of the molecule is CCN(CC)c1cc(C(=O)OC)ccc1NN=C(C#N)C#N. The molecule has 1 N–H and O–H groups in total. The Morgan fingerprint density at radius 1 is 1.32 bits per heavy atom. The molecule has 0 radical (unpaired) electrons. The van der Waals surface area contributed by atoms with E-state index in [4.69, 9.17) is 15.3 Å². The lowest BCUT2D eigenvalue weighted by Crippen LogP contribution is -2.23.